The molecule has 0 aromatic carbocycles. The summed E-state index contributed by atoms with van der Waals surface area (Å²) in [5.74, 6) is 1.51. The Labute approximate surface area is 93.0 Å². The quantitative estimate of drug-likeness (QED) is 0.772. The molecule has 3 unspecified atom stereocenters. The second-order valence-corrected chi connectivity index (χ2v) is 5.12. The van der Waals surface area contributed by atoms with Crippen LogP contribution in [0.3, 0.4) is 0 Å². The van der Waals surface area contributed by atoms with Crippen LogP contribution in [-0.2, 0) is 4.79 Å². The van der Waals surface area contributed by atoms with Crippen LogP contribution in [-0.4, -0.2) is 29.9 Å². The van der Waals surface area contributed by atoms with Gasteiger partial charge >= 0.3 is 0 Å². The van der Waals surface area contributed by atoms with Gasteiger partial charge in [-0.2, -0.15) is 0 Å². The summed E-state index contributed by atoms with van der Waals surface area (Å²) in [4.78, 5) is 13.9. The van der Waals surface area contributed by atoms with E-state index in [1.54, 1.807) is 0 Å². The minimum absolute atomic E-state index is 0.0324. The Morgan fingerprint density at radius 1 is 1.40 bits per heavy atom. The summed E-state index contributed by atoms with van der Waals surface area (Å²) in [6.45, 7) is 8.30. The van der Waals surface area contributed by atoms with Crippen molar-refractivity contribution in [2.75, 3.05) is 13.1 Å². The van der Waals surface area contributed by atoms with Crippen LogP contribution in [0.4, 0.5) is 0 Å². The largest absolute Gasteiger partial charge is 0.342 e. The minimum Gasteiger partial charge on any atom is -0.342 e. The first-order chi connectivity index (χ1) is 7.02. The number of hydrogen-bond acceptors (Lipinski definition) is 2. The smallest absolute Gasteiger partial charge is 0.224 e. The maximum atomic E-state index is 11.9. The number of amides is 1. The van der Waals surface area contributed by atoms with Crippen LogP contribution in [0.1, 0.15) is 40.0 Å². The highest BCUT2D eigenvalue weighted by molar-refractivity contribution is 5.76. The average molecular weight is 212 g/mol. The third-order valence-electron chi connectivity index (χ3n) is 3.18. The zero-order valence-electron chi connectivity index (χ0n) is 10.2. The summed E-state index contributed by atoms with van der Waals surface area (Å²) < 4.78 is 0. The van der Waals surface area contributed by atoms with Crippen molar-refractivity contribution in [1.82, 2.24) is 4.90 Å². The Morgan fingerprint density at radius 2 is 1.93 bits per heavy atom. The van der Waals surface area contributed by atoms with E-state index in [0.29, 0.717) is 18.3 Å². The van der Waals surface area contributed by atoms with Gasteiger partial charge in [0.15, 0.2) is 0 Å². The van der Waals surface area contributed by atoms with E-state index >= 15 is 0 Å². The van der Waals surface area contributed by atoms with Gasteiger partial charge in [0.05, 0.1) is 0 Å². The van der Waals surface area contributed by atoms with E-state index in [9.17, 15) is 4.79 Å². The predicted octanol–water partition coefficient (Wildman–Crippen LogP) is 1.62. The molecule has 1 saturated heterocycles. The Bertz CT molecular complexity index is 208. The molecule has 3 nitrogen and oxygen atoms in total. The molecule has 0 bridgehead atoms. The van der Waals surface area contributed by atoms with Crippen LogP contribution >= 0.6 is 0 Å². The molecule has 1 aliphatic rings. The Morgan fingerprint density at radius 3 is 2.40 bits per heavy atom. The van der Waals surface area contributed by atoms with Gasteiger partial charge in [-0.3, -0.25) is 4.79 Å². The maximum Gasteiger partial charge on any atom is 0.224 e. The molecular weight excluding hydrogens is 188 g/mol. The van der Waals surface area contributed by atoms with Crippen molar-refractivity contribution in [1.29, 1.82) is 0 Å². The zero-order chi connectivity index (χ0) is 11.4. The monoisotopic (exact) mass is 212 g/mol. The van der Waals surface area contributed by atoms with Crippen molar-refractivity contribution in [2.45, 2.75) is 46.1 Å². The number of nitrogens with zero attached hydrogens (tertiary/aromatic N) is 1. The van der Waals surface area contributed by atoms with Crippen molar-refractivity contribution >= 4 is 5.91 Å². The molecule has 0 aromatic heterocycles. The van der Waals surface area contributed by atoms with Gasteiger partial charge < -0.3 is 10.6 Å². The number of piperidine rings is 1. The maximum absolute atomic E-state index is 11.9. The SMILES string of the molecule is CCC(N)CC(=O)N1CC(C)CC(C)C1. The summed E-state index contributed by atoms with van der Waals surface area (Å²) in [7, 11) is 0. The van der Waals surface area contributed by atoms with Crippen molar-refractivity contribution in [3.8, 4) is 0 Å². The van der Waals surface area contributed by atoms with Crippen molar-refractivity contribution in [2.24, 2.45) is 17.6 Å². The van der Waals surface area contributed by atoms with Gasteiger partial charge in [0.1, 0.15) is 0 Å². The lowest BCUT2D eigenvalue weighted by molar-refractivity contribution is -0.134. The Hall–Kier alpha value is -0.570. The Kier molecular flexibility index (Phi) is 4.58. The fourth-order valence-electron chi connectivity index (χ4n) is 2.36. The van der Waals surface area contributed by atoms with Crippen LogP contribution in [0, 0.1) is 11.8 Å². The molecule has 1 amide bonds. The first-order valence-electron chi connectivity index (χ1n) is 6.06. The van der Waals surface area contributed by atoms with E-state index in [4.69, 9.17) is 5.73 Å². The first-order valence-corrected chi connectivity index (χ1v) is 6.06. The van der Waals surface area contributed by atoms with Crippen molar-refractivity contribution in [3.05, 3.63) is 0 Å². The van der Waals surface area contributed by atoms with E-state index in [0.717, 1.165) is 19.5 Å². The van der Waals surface area contributed by atoms with E-state index in [2.05, 4.69) is 13.8 Å². The minimum atomic E-state index is 0.0324. The highest BCUT2D eigenvalue weighted by atomic mass is 16.2. The average Bonchev–Trinajstić information content (AvgIpc) is 2.16. The summed E-state index contributed by atoms with van der Waals surface area (Å²) in [5.41, 5.74) is 5.80. The molecule has 0 saturated carbocycles. The van der Waals surface area contributed by atoms with Gasteiger partial charge in [0.25, 0.3) is 0 Å². The standard InChI is InChI=1S/C12H24N2O/c1-4-11(13)6-12(15)14-7-9(2)5-10(3)8-14/h9-11H,4-8,13H2,1-3H3. The lowest BCUT2D eigenvalue weighted by Crippen LogP contribution is -2.44. The van der Waals surface area contributed by atoms with Gasteiger partial charge in [0, 0.05) is 25.6 Å². The van der Waals surface area contributed by atoms with Crippen molar-refractivity contribution < 1.29 is 4.79 Å². The van der Waals surface area contributed by atoms with E-state index in [-0.39, 0.29) is 11.9 Å². The van der Waals surface area contributed by atoms with Gasteiger partial charge in [-0.1, -0.05) is 20.8 Å². The number of carbonyl (C=O) groups is 1. The topological polar surface area (TPSA) is 46.3 Å². The summed E-state index contributed by atoms with van der Waals surface area (Å²) in [6, 6.07) is 0.0324. The second kappa shape index (κ2) is 5.50. The van der Waals surface area contributed by atoms with E-state index in [1.807, 2.05) is 11.8 Å². The van der Waals surface area contributed by atoms with Crippen LogP contribution in [0.2, 0.25) is 0 Å². The summed E-state index contributed by atoms with van der Waals surface area (Å²) in [6.07, 6.45) is 2.63. The van der Waals surface area contributed by atoms with Gasteiger partial charge in [0.2, 0.25) is 5.91 Å². The number of carbonyl (C=O) groups excluding carboxylic acids is 1. The third-order valence-corrected chi connectivity index (χ3v) is 3.18. The Balaban J connectivity index is 2.44. The van der Waals surface area contributed by atoms with E-state index < -0.39 is 0 Å². The predicted molar refractivity (Wildman–Crippen MR) is 62.4 cm³/mol. The van der Waals surface area contributed by atoms with Crippen LogP contribution < -0.4 is 5.73 Å². The van der Waals surface area contributed by atoms with Crippen LogP contribution in [0.15, 0.2) is 0 Å². The second-order valence-electron chi connectivity index (χ2n) is 5.12. The van der Waals surface area contributed by atoms with Gasteiger partial charge in [-0.15, -0.1) is 0 Å². The molecule has 3 heteroatoms. The molecule has 0 spiro atoms. The highest BCUT2D eigenvalue weighted by Crippen LogP contribution is 2.21. The molecule has 0 radical (unpaired) electrons. The number of nitrogens with two attached hydrogens (primary N) is 1. The third kappa shape index (κ3) is 3.82. The molecule has 0 aliphatic carbocycles. The lowest BCUT2D eigenvalue weighted by Gasteiger charge is -2.35. The number of likely N-dealkylation sites (tertiary alicyclic amines) is 1. The number of hydrogen-bond donors (Lipinski definition) is 1. The molecule has 1 aliphatic heterocycles. The summed E-state index contributed by atoms with van der Waals surface area (Å²) >= 11 is 0. The molecule has 0 aromatic rings. The summed E-state index contributed by atoms with van der Waals surface area (Å²) in [5, 5.41) is 0. The van der Waals surface area contributed by atoms with Crippen LogP contribution in [0.5, 0.6) is 0 Å². The van der Waals surface area contributed by atoms with E-state index in [1.165, 1.54) is 6.42 Å². The zero-order valence-corrected chi connectivity index (χ0v) is 10.2. The normalized spacial score (nSPS) is 28.9. The molecule has 15 heavy (non-hydrogen) atoms. The number of rotatable bonds is 3. The molecule has 1 rings (SSSR count). The molecule has 2 N–H and O–H groups in total. The fourth-order valence-corrected chi connectivity index (χ4v) is 2.36. The molecule has 3 atom stereocenters. The molecule has 88 valence electrons. The highest BCUT2D eigenvalue weighted by Gasteiger charge is 2.25. The van der Waals surface area contributed by atoms with Crippen LogP contribution in [0.25, 0.3) is 0 Å². The van der Waals surface area contributed by atoms with Gasteiger partial charge in [-0.25, -0.2) is 0 Å². The molecule has 1 heterocycles. The first kappa shape index (κ1) is 12.5. The van der Waals surface area contributed by atoms with Crippen molar-refractivity contribution in [3.63, 3.8) is 0 Å². The molecule has 1 fully saturated rings. The fraction of sp³-hybridized carbons (Fsp3) is 0.917. The van der Waals surface area contributed by atoms with Gasteiger partial charge in [-0.05, 0) is 24.7 Å². The molecular formula is C12H24N2O. The lowest BCUT2D eigenvalue weighted by atomic mass is 9.91.